The highest BCUT2D eigenvalue weighted by Crippen LogP contribution is 2.35. The molecule has 0 spiro atoms. The van der Waals surface area contributed by atoms with Gasteiger partial charge in [0.1, 0.15) is 11.5 Å². The summed E-state index contributed by atoms with van der Waals surface area (Å²) < 4.78 is 6.19. The number of rotatable bonds is 12. The van der Waals surface area contributed by atoms with E-state index in [-0.39, 0.29) is 0 Å². The van der Waals surface area contributed by atoms with Crippen LogP contribution in [-0.2, 0) is 12.8 Å². The van der Waals surface area contributed by atoms with Crippen molar-refractivity contribution in [2.75, 3.05) is 0 Å². The molecule has 1 nitrogen and oxygen atoms in total. The molecule has 0 radical (unpaired) electrons. The summed E-state index contributed by atoms with van der Waals surface area (Å²) in [5.41, 5.74) is 2.91. The summed E-state index contributed by atoms with van der Waals surface area (Å²) >= 11 is 3.61. The lowest BCUT2D eigenvalue weighted by atomic mass is 10.1. The summed E-state index contributed by atoms with van der Waals surface area (Å²) in [6, 6.07) is 8.88. The summed E-state index contributed by atoms with van der Waals surface area (Å²) in [5, 5.41) is 4.59. The number of aryl methyl sites for hydroxylation is 2. The Balaban J connectivity index is 1.57. The fourth-order valence-corrected chi connectivity index (χ4v) is 5.21. The number of unbranched alkanes of at least 4 members (excludes halogenated alkanes) is 6. The minimum Gasteiger partial charge on any atom is -0.454 e. The molecule has 0 N–H and O–H groups in total. The van der Waals surface area contributed by atoms with Crippen molar-refractivity contribution in [1.29, 1.82) is 0 Å². The highest BCUT2D eigenvalue weighted by molar-refractivity contribution is 7.14. The first-order chi connectivity index (χ1) is 13.3. The molecule has 0 bridgehead atoms. The van der Waals surface area contributed by atoms with Crippen molar-refractivity contribution < 1.29 is 4.42 Å². The van der Waals surface area contributed by atoms with Gasteiger partial charge in [-0.25, -0.2) is 0 Å². The third kappa shape index (κ3) is 6.08. The maximum atomic E-state index is 6.19. The van der Waals surface area contributed by atoms with E-state index in [2.05, 4.69) is 48.9 Å². The van der Waals surface area contributed by atoms with Crippen LogP contribution in [0.1, 0.15) is 76.3 Å². The van der Waals surface area contributed by atoms with E-state index in [0.717, 1.165) is 11.5 Å². The van der Waals surface area contributed by atoms with Gasteiger partial charge in [-0.1, -0.05) is 52.4 Å². The summed E-state index contributed by atoms with van der Waals surface area (Å²) in [6.07, 6.45) is 12.9. The number of hydrogen-bond donors (Lipinski definition) is 0. The van der Waals surface area contributed by atoms with Crippen LogP contribution in [-0.4, -0.2) is 0 Å². The Morgan fingerprint density at radius 1 is 0.667 bits per heavy atom. The Hall–Kier alpha value is -1.32. The predicted octanol–water partition coefficient (Wildman–Crippen LogP) is 8.98. The largest absolute Gasteiger partial charge is 0.454 e. The van der Waals surface area contributed by atoms with Crippen LogP contribution in [0.5, 0.6) is 0 Å². The first-order valence-corrected chi connectivity index (χ1v) is 12.3. The summed E-state index contributed by atoms with van der Waals surface area (Å²) in [4.78, 5) is 2.51. The molecule has 3 heteroatoms. The molecule has 3 aromatic rings. The van der Waals surface area contributed by atoms with Gasteiger partial charge in [0, 0.05) is 0 Å². The maximum Gasteiger partial charge on any atom is 0.144 e. The third-order valence-corrected chi connectivity index (χ3v) is 7.02. The molecule has 0 aliphatic heterocycles. The van der Waals surface area contributed by atoms with E-state index in [9.17, 15) is 0 Å². The van der Waals surface area contributed by atoms with Crippen LogP contribution >= 0.6 is 22.7 Å². The lowest BCUT2D eigenvalue weighted by Gasteiger charge is -1.97. The van der Waals surface area contributed by atoms with Gasteiger partial charge in [-0.05, 0) is 71.8 Å². The SMILES string of the molecule is CCCCCCc1csc(-c2ccc(-c3cc(CCCCCC)cs3)o2)c1. The minimum absolute atomic E-state index is 1.01. The zero-order chi connectivity index (χ0) is 18.9. The smallest absolute Gasteiger partial charge is 0.144 e. The summed E-state index contributed by atoms with van der Waals surface area (Å²) in [5.74, 6) is 2.01. The topological polar surface area (TPSA) is 13.1 Å². The van der Waals surface area contributed by atoms with Gasteiger partial charge < -0.3 is 4.42 Å². The number of hydrogen-bond acceptors (Lipinski definition) is 3. The Morgan fingerprint density at radius 2 is 1.15 bits per heavy atom. The second kappa shape index (κ2) is 10.9. The minimum atomic E-state index is 1.01. The zero-order valence-corrected chi connectivity index (χ0v) is 18.4. The van der Waals surface area contributed by atoms with Gasteiger partial charge in [0.25, 0.3) is 0 Å². The number of furan rings is 1. The molecule has 0 saturated carbocycles. The average molecular weight is 401 g/mol. The Kier molecular flexibility index (Phi) is 8.22. The fraction of sp³-hybridized carbons (Fsp3) is 0.500. The molecule has 0 aliphatic rings. The van der Waals surface area contributed by atoms with Crippen LogP contribution < -0.4 is 0 Å². The molecular weight excluding hydrogens is 368 g/mol. The van der Waals surface area contributed by atoms with Crippen LogP contribution in [0.4, 0.5) is 0 Å². The second-order valence-electron chi connectivity index (χ2n) is 7.42. The molecule has 3 rings (SSSR count). The summed E-state index contributed by atoms with van der Waals surface area (Å²) in [6.45, 7) is 4.53. The van der Waals surface area contributed by atoms with Crippen LogP contribution in [0.3, 0.4) is 0 Å². The van der Waals surface area contributed by atoms with Crippen molar-refractivity contribution in [3.8, 4) is 21.3 Å². The molecule has 146 valence electrons. The van der Waals surface area contributed by atoms with Gasteiger partial charge in [0.15, 0.2) is 0 Å². The fourth-order valence-electron chi connectivity index (χ4n) is 3.39. The zero-order valence-electron chi connectivity index (χ0n) is 16.8. The summed E-state index contributed by atoms with van der Waals surface area (Å²) in [7, 11) is 0. The third-order valence-electron chi connectivity index (χ3n) is 5.04. The van der Waals surface area contributed by atoms with Gasteiger partial charge in [0.05, 0.1) is 9.75 Å². The van der Waals surface area contributed by atoms with E-state index in [0.29, 0.717) is 0 Å². The van der Waals surface area contributed by atoms with Gasteiger partial charge in [-0.3, -0.25) is 0 Å². The lowest BCUT2D eigenvalue weighted by molar-refractivity contribution is 0.600. The molecule has 27 heavy (non-hydrogen) atoms. The molecule has 0 amide bonds. The highest BCUT2D eigenvalue weighted by atomic mass is 32.1. The quantitative estimate of drug-likeness (QED) is 0.276. The Morgan fingerprint density at radius 3 is 1.59 bits per heavy atom. The number of thiophene rings is 2. The molecular formula is C24H32OS2. The van der Waals surface area contributed by atoms with Gasteiger partial charge in [-0.15, -0.1) is 22.7 Å². The molecule has 3 aromatic heterocycles. The van der Waals surface area contributed by atoms with E-state index in [1.807, 2.05) is 0 Å². The molecule has 0 atom stereocenters. The van der Waals surface area contributed by atoms with E-state index >= 15 is 0 Å². The molecule has 0 fully saturated rings. The van der Waals surface area contributed by atoms with E-state index < -0.39 is 0 Å². The van der Waals surface area contributed by atoms with Crippen molar-refractivity contribution in [1.82, 2.24) is 0 Å². The lowest BCUT2D eigenvalue weighted by Crippen LogP contribution is -1.82. The van der Waals surface area contributed by atoms with Crippen molar-refractivity contribution in [2.24, 2.45) is 0 Å². The highest BCUT2D eigenvalue weighted by Gasteiger charge is 2.11. The first-order valence-electron chi connectivity index (χ1n) is 10.6. The van der Waals surface area contributed by atoms with E-state index in [1.165, 1.54) is 85.1 Å². The van der Waals surface area contributed by atoms with Crippen LogP contribution in [0.2, 0.25) is 0 Å². The van der Waals surface area contributed by atoms with Crippen molar-refractivity contribution in [2.45, 2.75) is 78.1 Å². The van der Waals surface area contributed by atoms with Crippen molar-refractivity contribution >= 4 is 22.7 Å². The first kappa shape index (κ1) is 20.4. The molecule has 0 unspecified atom stereocenters. The van der Waals surface area contributed by atoms with Crippen molar-refractivity contribution in [3.63, 3.8) is 0 Å². The Labute approximate surface area is 172 Å². The average Bonchev–Trinajstić information content (AvgIpc) is 3.42. The van der Waals surface area contributed by atoms with Crippen LogP contribution in [0.25, 0.3) is 21.3 Å². The second-order valence-corrected chi connectivity index (χ2v) is 9.25. The monoisotopic (exact) mass is 400 g/mol. The molecule has 0 aromatic carbocycles. The molecule has 0 saturated heterocycles. The standard InChI is InChI=1S/C24H32OS2/c1-3-5-7-9-11-19-15-23(26-17-19)21-13-14-22(25-21)24-16-20(18-27-24)12-10-8-6-4-2/h13-18H,3-12H2,1-2H3. The van der Waals surface area contributed by atoms with Crippen LogP contribution in [0, 0.1) is 0 Å². The molecule has 0 aliphatic carbocycles. The van der Waals surface area contributed by atoms with E-state index in [1.54, 1.807) is 22.7 Å². The normalized spacial score (nSPS) is 11.3. The molecule has 3 heterocycles. The van der Waals surface area contributed by atoms with Crippen LogP contribution in [0.15, 0.2) is 39.4 Å². The van der Waals surface area contributed by atoms with E-state index in [4.69, 9.17) is 4.42 Å². The predicted molar refractivity (Wildman–Crippen MR) is 121 cm³/mol. The van der Waals surface area contributed by atoms with Gasteiger partial charge in [0.2, 0.25) is 0 Å². The van der Waals surface area contributed by atoms with Gasteiger partial charge >= 0.3 is 0 Å². The van der Waals surface area contributed by atoms with Crippen molar-refractivity contribution in [3.05, 3.63) is 46.2 Å². The van der Waals surface area contributed by atoms with Gasteiger partial charge in [-0.2, -0.15) is 0 Å². The maximum absolute atomic E-state index is 6.19. The Bertz CT molecular complexity index is 728.